The van der Waals surface area contributed by atoms with Crippen LogP contribution in [0.1, 0.15) is 30.5 Å². The number of methoxy groups -OCH3 is 3. The van der Waals surface area contributed by atoms with Gasteiger partial charge in [-0.15, -0.1) is 11.3 Å². The zero-order chi connectivity index (χ0) is 26.5. The normalized spacial score (nSPS) is 13.9. The van der Waals surface area contributed by atoms with Crippen LogP contribution < -0.4 is 35.6 Å². The highest BCUT2D eigenvalue weighted by Gasteiger charge is 2.29. The predicted octanol–water partition coefficient (Wildman–Crippen LogP) is 3.37. The monoisotopic (exact) mass is 524 g/mol. The molecule has 1 aromatic heterocycles. The molecule has 4 rings (SSSR count). The van der Waals surface area contributed by atoms with Crippen LogP contribution in [-0.2, 0) is 16.0 Å². The summed E-state index contributed by atoms with van der Waals surface area (Å²) in [7, 11) is 4.63. The van der Waals surface area contributed by atoms with Crippen molar-refractivity contribution in [2.75, 3.05) is 38.5 Å². The Labute approximate surface area is 218 Å². The number of hydrogen-bond donors (Lipinski definition) is 3. The molecule has 0 saturated heterocycles. The molecule has 37 heavy (non-hydrogen) atoms. The fourth-order valence-corrected chi connectivity index (χ4v) is 5.02. The van der Waals surface area contributed by atoms with Gasteiger partial charge in [0.1, 0.15) is 0 Å². The Morgan fingerprint density at radius 3 is 2.54 bits per heavy atom. The molecule has 0 radical (unpaired) electrons. The van der Waals surface area contributed by atoms with Crippen LogP contribution in [-0.4, -0.2) is 44.7 Å². The Bertz CT molecular complexity index is 1380. The SMILES string of the molecule is COc1cc2c(c(OC)c1OC)-c1ccc(NCC(=O)Nc3nccs3)c(=O)cc1C(NC(C)=O)CC2. The molecule has 0 bridgehead atoms. The molecule has 194 valence electrons. The number of amides is 2. The fourth-order valence-electron chi connectivity index (χ4n) is 4.48. The molecule has 3 aromatic rings. The number of carbonyl (C=O) groups is 2. The van der Waals surface area contributed by atoms with Gasteiger partial charge in [-0.25, -0.2) is 4.98 Å². The van der Waals surface area contributed by atoms with E-state index in [4.69, 9.17) is 14.2 Å². The summed E-state index contributed by atoms with van der Waals surface area (Å²) in [5, 5.41) is 10.8. The molecule has 1 aliphatic carbocycles. The van der Waals surface area contributed by atoms with Gasteiger partial charge in [-0.3, -0.25) is 14.4 Å². The highest BCUT2D eigenvalue weighted by Crippen LogP contribution is 2.50. The van der Waals surface area contributed by atoms with Gasteiger partial charge < -0.3 is 30.2 Å². The first-order valence-electron chi connectivity index (χ1n) is 11.6. The summed E-state index contributed by atoms with van der Waals surface area (Å²) in [6.45, 7) is 1.32. The molecule has 10 nitrogen and oxygen atoms in total. The first-order valence-corrected chi connectivity index (χ1v) is 12.4. The van der Waals surface area contributed by atoms with E-state index in [2.05, 4.69) is 20.9 Å². The first kappa shape index (κ1) is 26.0. The highest BCUT2D eigenvalue weighted by atomic mass is 32.1. The van der Waals surface area contributed by atoms with Gasteiger partial charge in [0, 0.05) is 24.1 Å². The van der Waals surface area contributed by atoms with Gasteiger partial charge in [0.15, 0.2) is 16.6 Å². The molecule has 0 fully saturated rings. The number of thiazole rings is 1. The molecule has 0 aliphatic heterocycles. The lowest BCUT2D eigenvalue weighted by atomic mass is 9.95. The summed E-state index contributed by atoms with van der Waals surface area (Å²) in [5.41, 5.74) is 2.96. The molecule has 1 aliphatic rings. The van der Waals surface area contributed by atoms with Gasteiger partial charge >= 0.3 is 0 Å². The van der Waals surface area contributed by atoms with Crippen molar-refractivity contribution in [1.82, 2.24) is 10.3 Å². The van der Waals surface area contributed by atoms with Crippen LogP contribution in [0, 0.1) is 0 Å². The van der Waals surface area contributed by atoms with Crippen molar-refractivity contribution in [2.45, 2.75) is 25.8 Å². The molecule has 11 heteroatoms. The Morgan fingerprint density at radius 2 is 1.89 bits per heavy atom. The summed E-state index contributed by atoms with van der Waals surface area (Å²) >= 11 is 1.30. The molecule has 2 amide bonds. The van der Waals surface area contributed by atoms with E-state index in [1.807, 2.05) is 6.07 Å². The van der Waals surface area contributed by atoms with Crippen LogP contribution in [0.3, 0.4) is 0 Å². The smallest absolute Gasteiger partial charge is 0.245 e. The maximum Gasteiger partial charge on any atom is 0.245 e. The summed E-state index contributed by atoms with van der Waals surface area (Å²) in [6.07, 6.45) is 2.75. The van der Waals surface area contributed by atoms with Crippen LogP contribution in [0.4, 0.5) is 10.8 Å². The van der Waals surface area contributed by atoms with Crippen molar-refractivity contribution >= 4 is 34.0 Å². The highest BCUT2D eigenvalue weighted by molar-refractivity contribution is 7.13. The summed E-state index contributed by atoms with van der Waals surface area (Å²) in [5.74, 6) is 0.884. The minimum Gasteiger partial charge on any atom is -0.493 e. The van der Waals surface area contributed by atoms with Crippen molar-refractivity contribution in [2.24, 2.45) is 0 Å². The Balaban J connectivity index is 1.81. The summed E-state index contributed by atoms with van der Waals surface area (Å²) < 4.78 is 16.9. The Hall–Kier alpha value is -4.12. The van der Waals surface area contributed by atoms with Gasteiger partial charge in [0.05, 0.1) is 39.6 Å². The number of hydrogen-bond acceptors (Lipinski definition) is 9. The third-order valence-corrected chi connectivity index (χ3v) is 6.72. The van der Waals surface area contributed by atoms with Crippen LogP contribution in [0.5, 0.6) is 17.2 Å². The second kappa shape index (κ2) is 11.3. The third-order valence-electron chi connectivity index (χ3n) is 6.03. The van der Waals surface area contributed by atoms with E-state index in [-0.39, 0.29) is 29.5 Å². The second-order valence-corrected chi connectivity index (χ2v) is 9.23. The van der Waals surface area contributed by atoms with Crippen molar-refractivity contribution in [3.63, 3.8) is 0 Å². The van der Waals surface area contributed by atoms with E-state index in [0.717, 1.165) is 11.1 Å². The zero-order valence-corrected chi connectivity index (χ0v) is 21.8. The van der Waals surface area contributed by atoms with E-state index in [9.17, 15) is 14.4 Å². The number of aryl methyl sites for hydroxylation is 1. The largest absolute Gasteiger partial charge is 0.493 e. The van der Waals surface area contributed by atoms with Gasteiger partial charge in [-0.05, 0) is 47.7 Å². The number of carbonyl (C=O) groups excluding carboxylic acids is 2. The standard InChI is InChI=1S/C26H28N4O6S/c1-14(31)29-18-7-5-15-11-21(34-2)24(35-3)25(36-4)23(15)16-6-8-19(20(32)12-17(16)18)28-13-22(33)30-26-27-9-10-37-26/h6,8-12,18H,5,7,13H2,1-4H3,(H,28,32)(H,29,31)(H,27,30,33). The lowest BCUT2D eigenvalue weighted by Crippen LogP contribution is -2.27. The van der Waals surface area contributed by atoms with Crippen LogP contribution in [0.2, 0.25) is 0 Å². The number of nitrogens with zero attached hydrogens (tertiary/aromatic N) is 1. The topological polar surface area (TPSA) is 128 Å². The minimum atomic E-state index is -0.414. The molecule has 3 N–H and O–H groups in total. The van der Waals surface area contributed by atoms with Gasteiger partial charge in [0.25, 0.3) is 0 Å². The number of anilines is 2. The van der Waals surface area contributed by atoms with E-state index < -0.39 is 6.04 Å². The lowest BCUT2D eigenvalue weighted by Gasteiger charge is -2.19. The molecule has 0 spiro atoms. The number of nitrogens with one attached hydrogen (secondary N) is 3. The maximum absolute atomic E-state index is 13.3. The number of benzene rings is 1. The van der Waals surface area contributed by atoms with Crippen LogP contribution in [0.25, 0.3) is 11.1 Å². The average molecular weight is 525 g/mol. The minimum absolute atomic E-state index is 0.121. The van der Waals surface area contributed by atoms with Gasteiger partial charge in [-0.2, -0.15) is 0 Å². The van der Waals surface area contributed by atoms with E-state index in [1.54, 1.807) is 37.9 Å². The van der Waals surface area contributed by atoms with Gasteiger partial charge in [0.2, 0.25) is 23.0 Å². The predicted molar refractivity (Wildman–Crippen MR) is 142 cm³/mol. The fraction of sp³-hybridized carbons (Fsp3) is 0.308. The molecule has 2 aromatic carbocycles. The van der Waals surface area contributed by atoms with Crippen LogP contribution in [0.15, 0.2) is 40.6 Å². The average Bonchev–Trinajstić information content (AvgIpc) is 3.27. The van der Waals surface area contributed by atoms with Crippen molar-refractivity contribution in [1.29, 1.82) is 0 Å². The third kappa shape index (κ3) is 5.51. The van der Waals surface area contributed by atoms with Crippen molar-refractivity contribution < 1.29 is 23.8 Å². The van der Waals surface area contributed by atoms with E-state index >= 15 is 0 Å². The molecule has 0 saturated carbocycles. The summed E-state index contributed by atoms with van der Waals surface area (Å²) in [4.78, 5) is 41.7. The lowest BCUT2D eigenvalue weighted by molar-refractivity contribution is -0.119. The Morgan fingerprint density at radius 1 is 1.11 bits per heavy atom. The van der Waals surface area contributed by atoms with E-state index in [1.165, 1.54) is 31.4 Å². The van der Waals surface area contributed by atoms with Crippen LogP contribution >= 0.6 is 11.3 Å². The molecule has 1 atom stereocenters. The molecule has 1 heterocycles. The maximum atomic E-state index is 13.3. The number of ether oxygens (including phenoxy) is 3. The number of rotatable bonds is 8. The number of aromatic nitrogens is 1. The summed E-state index contributed by atoms with van der Waals surface area (Å²) in [6, 6.07) is 6.41. The first-order chi connectivity index (χ1) is 17.9. The van der Waals surface area contributed by atoms with Crippen molar-refractivity contribution in [3.05, 3.63) is 57.2 Å². The van der Waals surface area contributed by atoms with Crippen molar-refractivity contribution in [3.8, 4) is 28.4 Å². The number of fused-ring (bicyclic) bond motifs is 3. The molecule has 1 unspecified atom stereocenters. The quantitative estimate of drug-likeness (QED) is 0.409. The van der Waals surface area contributed by atoms with Gasteiger partial charge in [-0.1, -0.05) is 6.07 Å². The molecular weight excluding hydrogens is 496 g/mol. The Kier molecular flexibility index (Phi) is 7.92. The molecular formula is C26H28N4O6S. The second-order valence-electron chi connectivity index (χ2n) is 8.33. The zero-order valence-electron chi connectivity index (χ0n) is 21.0. The van der Waals surface area contributed by atoms with E-state index in [0.29, 0.717) is 46.3 Å².